The number of benzene rings is 1. The average molecular weight is 339 g/mol. The third-order valence-corrected chi connectivity index (χ3v) is 4.83. The van der Waals surface area contributed by atoms with Gasteiger partial charge in [-0.3, -0.25) is 10.1 Å². The second-order valence-electron chi connectivity index (χ2n) is 4.50. The molecule has 0 radical (unpaired) electrons. The van der Waals surface area contributed by atoms with E-state index in [1.807, 2.05) is 22.9 Å². The third kappa shape index (κ3) is 3.18. The maximum absolute atomic E-state index is 11.1. The number of nitro benzene ring substituents is 1. The highest BCUT2D eigenvalue weighted by Gasteiger charge is 2.14. The van der Waals surface area contributed by atoms with Gasteiger partial charge in [-0.2, -0.15) is 5.26 Å². The van der Waals surface area contributed by atoms with Crippen LogP contribution in [0.5, 0.6) is 0 Å². The van der Waals surface area contributed by atoms with Crippen LogP contribution in [0.1, 0.15) is 10.6 Å². The molecule has 0 fully saturated rings. The van der Waals surface area contributed by atoms with E-state index >= 15 is 0 Å². The normalized spacial score (nSPS) is 11.2. The minimum absolute atomic E-state index is 0.0321. The van der Waals surface area contributed by atoms with Crippen LogP contribution < -0.4 is 0 Å². The Morgan fingerprint density at radius 2 is 2.09 bits per heavy atom. The quantitative estimate of drug-likeness (QED) is 0.387. The third-order valence-electron chi connectivity index (χ3n) is 3.06. The molecule has 0 unspecified atom stereocenters. The van der Waals surface area contributed by atoms with Crippen LogP contribution in [-0.4, -0.2) is 9.91 Å². The van der Waals surface area contributed by atoms with E-state index in [1.165, 1.54) is 23.5 Å². The van der Waals surface area contributed by atoms with Gasteiger partial charge < -0.3 is 0 Å². The molecule has 0 N–H and O–H groups in total. The zero-order chi connectivity index (χ0) is 16.2. The Labute approximate surface area is 139 Å². The minimum atomic E-state index is -0.459. The number of para-hydroxylation sites is 1. The van der Waals surface area contributed by atoms with E-state index in [2.05, 4.69) is 11.1 Å². The SMILES string of the molecule is N#C/C(=C/c1ccccc1[N+](=O)[O-])c1nc(-c2cccs2)cs1. The fraction of sp³-hybridized carbons (Fsp3) is 0. The van der Waals surface area contributed by atoms with Crippen molar-refractivity contribution in [2.24, 2.45) is 0 Å². The maximum atomic E-state index is 11.1. The second-order valence-corrected chi connectivity index (χ2v) is 6.31. The van der Waals surface area contributed by atoms with Gasteiger partial charge in [0.15, 0.2) is 0 Å². The second kappa shape index (κ2) is 6.52. The van der Waals surface area contributed by atoms with E-state index in [0.29, 0.717) is 16.1 Å². The number of nitriles is 1. The zero-order valence-corrected chi connectivity index (χ0v) is 13.3. The summed E-state index contributed by atoms with van der Waals surface area (Å²) in [6.07, 6.45) is 1.51. The number of hydrogen-bond acceptors (Lipinski definition) is 6. The number of nitro groups is 1. The van der Waals surface area contributed by atoms with Gasteiger partial charge in [0, 0.05) is 11.4 Å². The summed E-state index contributed by atoms with van der Waals surface area (Å²) >= 11 is 2.92. The first-order valence-electron chi connectivity index (χ1n) is 6.54. The number of rotatable bonds is 4. The van der Waals surface area contributed by atoms with Crippen molar-refractivity contribution in [3.8, 4) is 16.6 Å². The van der Waals surface area contributed by atoms with E-state index in [-0.39, 0.29) is 5.69 Å². The maximum Gasteiger partial charge on any atom is 0.276 e. The lowest BCUT2D eigenvalue weighted by Gasteiger charge is -1.98. The number of thiazole rings is 1. The standard InChI is InChI=1S/C16H9N3O2S2/c17-9-12(8-11-4-1-2-5-14(11)19(20)21)16-18-13(10-23-16)15-6-3-7-22-15/h1-8,10H/b12-8-. The van der Waals surface area contributed by atoms with Gasteiger partial charge in [-0.1, -0.05) is 18.2 Å². The zero-order valence-electron chi connectivity index (χ0n) is 11.7. The lowest BCUT2D eigenvalue weighted by atomic mass is 10.1. The molecule has 3 rings (SSSR count). The summed E-state index contributed by atoms with van der Waals surface area (Å²) in [5, 5.41) is 24.9. The number of allylic oxidation sites excluding steroid dienone is 1. The highest BCUT2D eigenvalue weighted by molar-refractivity contribution is 7.14. The predicted octanol–water partition coefficient (Wildman–Crippen LogP) is 4.84. The first kappa shape index (κ1) is 15.1. The van der Waals surface area contributed by atoms with Crippen LogP contribution in [0.25, 0.3) is 22.2 Å². The van der Waals surface area contributed by atoms with Crippen molar-refractivity contribution >= 4 is 40.0 Å². The first-order valence-corrected chi connectivity index (χ1v) is 8.30. The lowest BCUT2D eigenvalue weighted by molar-refractivity contribution is -0.385. The molecule has 0 saturated heterocycles. The van der Waals surface area contributed by atoms with Crippen molar-refractivity contribution in [1.82, 2.24) is 4.98 Å². The van der Waals surface area contributed by atoms with Gasteiger partial charge in [0.25, 0.3) is 5.69 Å². The Balaban J connectivity index is 2.01. The van der Waals surface area contributed by atoms with Crippen molar-refractivity contribution in [3.63, 3.8) is 0 Å². The van der Waals surface area contributed by atoms with Crippen molar-refractivity contribution < 1.29 is 4.92 Å². The van der Waals surface area contributed by atoms with Crippen LogP contribution in [0.15, 0.2) is 47.2 Å². The Kier molecular flexibility index (Phi) is 4.28. The molecule has 7 heteroatoms. The molecular weight excluding hydrogens is 330 g/mol. The summed E-state index contributed by atoms with van der Waals surface area (Å²) in [5.74, 6) is 0. The Hall–Kier alpha value is -2.82. The molecule has 0 aliphatic carbocycles. The van der Waals surface area contributed by atoms with E-state index in [4.69, 9.17) is 0 Å². The smallest absolute Gasteiger partial charge is 0.258 e. The molecule has 3 aromatic rings. The van der Waals surface area contributed by atoms with Gasteiger partial charge in [-0.15, -0.1) is 22.7 Å². The largest absolute Gasteiger partial charge is 0.276 e. The number of aromatic nitrogens is 1. The fourth-order valence-electron chi connectivity index (χ4n) is 2.01. The van der Waals surface area contributed by atoms with E-state index < -0.39 is 4.92 Å². The molecular formula is C16H9N3O2S2. The van der Waals surface area contributed by atoms with Crippen molar-refractivity contribution in [3.05, 3.63) is 67.8 Å². The van der Waals surface area contributed by atoms with Crippen LogP contribution in [0.2, 0.25) is 0 Å². The fourth-order valence-corrected chi connectivity index (χ4v) is 3.55. The van der Waals surface area contributed by atoms with Gasteiger partial charge >= 0.3 is 0 Å². The molecule has 5 nitrogen and oxygen atoms in total. The summed E-state index contributed by atoms with van der Waals surface area (Å²) in [6, 6.07) is 12.3. The van der Waals surface area contributed by atoms with Crippen LogP contribution in [0, 0.1) is 21.4 Å². The van der Waals surface area contributed by atoms with Crippen molar-refractivity contribution in [1.29, 1.82) is 5.26 Å². The van der Waals surface area contributed by atoms with E-state index in [1.54, 1.807) is 29.5 Å². The highest BCUT2D eigenvalue weighted by atomic mass is 32.1. The molecule has 0 amide bonds. The summed E-state index contributed by atoms with van der Waals surface area (Å²) in [7, 11) is 0. The molecule has 0 spiro atoms. The molecule has 0 aliphatic heterocycles. The molecule has 0 atom stereocenters. The molecule has 0 aliphatic rings. The van der Waals surface area contributed by atoms with Crippen LogP contribution in [-0.2, 0) is 0 Å². The van der Waals surface area contributed by atoms with E-state index in [9.17, 15) is 15.4 Å². The van der Waals surface area contributed by atoms with Crippen LogP contribution in [0.3, 0.4) is 0 Å². The molecule has 1 aromatic carbocycles. The average Bonchev–Trinajstić information content (AvgIpc) is 3.23. The number of hydrogen-bond donors (Lipinski definition) is 0. The van der Waals surface area contributed by atoms with Gasteiger partial charge in [-0.25, -0.2) is 4.98 Å². The molecule has 0 saturated carbocycles. The van der Waals surface area contributed by atoms with Gasteiger partial charge in [-0.05, 0) is 23.6 Å². The number of nitrogens with zero attached hydrogens (tertiary/aromatic N) is 3. The summed E-state index contributed by atoms with van der Waals surface area (Å²) in [4.78, 5) is 16.1. The minimum Gasteiger partial charge on any atom is -0.258 e. The number of thiophene rings is 1. The monoisotopic (exact) mass is 339 g/mol. The molecule has 2 aromatic heterocycles. The summed E-state index contributed by atoms with van der Waals surface area (Å²) in [5.41, 5.74) is 1.48. The Morgan fingerprint density at radius 3 is 2.78 bits per heavy atom. The van der Waals surface area contributed by atoms with Crippen molar-refractivity contribution in [2.75, 3.05) is 0 Å². The summed E-state index contributed by atoms with van der Waals surface area (Å²) in [6.45, 7) is 0. The summed E-state index contributed by atoms with van der Waals surface area (Å²) < 4.78 is 0. The van der Waals surface area contributed by atoms with Crippen LogP contribution in [0.4, 0.5) is 5.69 Å². The van der Waals surface area contributed by atoms with Crippen molar-refractivity contribution in [2.45, 2.75) is 0 Å². The van der Waals surface area contributed by atoms with Gasteiger partial charge in [0.2, 0.25) is 0 Å². The van der Waals surface area contributed by atoms with E-state index in [0.717, 1.165) is 10.6 Å². The van der Waals surface area contributed by atoms with Crippen LogP contribution >= 0.6 is 22.7 Å². The molecule has 0 bridgehead atoms. The Bertz CT molecular complexity index is 921. The molecule has 2 heterocycles. The highest BCUT2D eigenvalue weighted by Crippen LogP contribution is 2.30. The van der Waals surface area contributed by atoms with Gasteiger partial charge in [0.1, 0.15) is 11.1 Å². The molecule has 112 valence electrons. The Morgan fingerprint density at radius 1 is 1.26 bits per heavy atom. The predicted molar refractivity (Wildman–Crippen MR) is 92.0 cm³/mol. The van der Waals surface area contributed by atoms with Gasteiger partial charge in [0.05, 0.1) is 26.6 Å². The lowest BCUT2D eigenvalue weighted by Crippen LogP contribution is -1.91. The first-order chi connectivity index (χ1) is 11.2. The topological polar surface area (TPSA) is 79.8 Å². The molecule has 23 heavy (non-hydrogen) atoms.